The highest BCUT2D eigenvalue weighted by Gasteiger charge is 2.35. The SMILES string of the molecule is CC1=C(C(=O)O[C@@H](C)C(C)(C)C)[C@@H](c2cccc([N+](=O)[O-])c2)NC(=O)N1. The minimum absolute atomic E-state index is 0.122. The fourth-order valence-electron chi connectivity index (χ4n) is 2.43. The lowest BCUT2D eigenvalue weighted by Gasteiger charge is -2.31. The number of esters is 1. The van der Waals surface area contributed by atoms with Gasteiger partial charge in [-0.1, -0.05) is 32.9 Å². The average molecular weight is 361 g/mol. The van der Waals surface area contributed by atoms with Crippen LogP contribution in [0.3, 0.4) is 0 Å². The molecule has 8 nitrogen and oxygen atoms in total. The predicted molar refractivity (Wildman–Crippen MR) is 95.2 cm³/mol. The van der Waals surface area contributed by atoms with Gasteiger partial charge in [0.25, 0.3) is 5.69 Å². The van der Waals surface area contributed by atoms with E-state index < -0.39 is 23.0 Å². The quantitative estimate of drug-likeness (QED) is 0.486. The molecule has 0 spiro atoms. The monoisotopic (exact) mass is 361 g/mol. The first-order valence-corrected chi connectivity index (χ1v) is 8.24. The number of carbonyl (C=O) groups is 2. The summed E-state index contributed by atoms with van der Waals surface area (Å²) in [6, 6.07) is 4.50. The standard InChI is InChI=1S/C18H23N3O5/c1-10-14(16(22)26-11(2)18(3,4)5)15(20-17(23)19-10)12-7-6-8-13(9-12)21(24)25/h6-9,11,15H,1-5H3,(H2,19,20,23)/t11-,15+/m0/s1. The summed E-state index contributed by atoms with van der Waals surface area (Å²) in [7, 11) is 0. The summed E-state index contributed by atoms with van der Waals surface area (Å²) in [6.45, 7) is 9.24. The van der Waals surface area contributed by atoms with Crippen molar-refractivity contribution < 1.29 is 19.2 Å². The Hall–Kier alpha value is -2.90. The second-order valence-corrected chi connectivity index (χ2v) is 7.34. The van der Waals surface area contributed by atoms with E-state index in [9.17, 15) is 19.7 Å². The Morgan fingerprint density at radius 1 is 1.35 bits per heavy atom. The molecule has 1 aliphatic heterocycles. The molecule has 8 heteroatoms. The number of amides is 2. The van der Waals surface area contributed by atoms with Gasteiger partial charge in [0.15, 0.2) is 0 Å². The minimum atomic E-state index is -0.830. The highest BCUT2D eigenvalue weighted by molar-refractivity contribution is 5.95. The Bertz CT molecular complexity index is 779. The van der Waals surface area contributed by atoms with E-state index in [0.717, 1.165) is 0 Å². The number of nitrogens with one attached hydrogen (secondary N) is 2. The molecule has 0 radical (unpaired) electrons. The van der Waals surface area contributed by atoms with E-state index in [1.54, 1.807) is 19.9 Å². The highest BCUT2D eigenvalue weighted by Crippen LogP contribution is 2.31. The number of non-ortho nitro benzene ring substituents is 1. The number of hydrogen-bond acceptors (Lipinski definition) is 5. The maximum absolute atomic E-state index is 12.8. The van der Waals surface area contributed by atoms with Crippen molar-refractivity contribution in [3.05, 3.63) is 51.2 Å². The fraction of sp³-hybridized carbons (Fsp3) is 0.444. The minimum Gasteiger partial charge on any atom is -0.459 e. The number of benzene rings is 1. The molecule has 26 heavy (non-hydrogen) atoms. The Labute approximate surface area is 151 Å². The summed E-state index contributed by atoms with van der Waals surface area (Å²) in [6.07, 6.45) is -0.362. The Balaban J connectivity index is 2.42. The van der Waals surface area contributed by atoms with Crippen molar-refractivity contribution in [2.24, 2.45) is 5.41 Å². The van der Waals surface area contributed by atoms with Gasteiger partial charge < -0.3 is 15.4 Å². The Morgan fingerprint density at radius 2 is 2.00 bits per heavy atom. The third-order valence-electron chi connectivity index (χ3n) is 4.41. The number of urea groups is 1. The first-order chi connectivity index (χ1) is 12.0. The molecule has 1 aromatic carbocycles. The van der Waals surface area contributed by atoms with Gasteiger partial charge >= 0.3 is 12.0 Å². The number of nitrogens with zero attached hydrogens (tertiary/aromatic N) is 1. The van der Waals surface area contributed by atoms with Gasteiger partial charge in [-0.3, -0.25) is 10.1 Å². The van der Waals surface area contributed by atoms with Crippen LogP contribution in [0.25, 0.3) is 0 Å². The van der Waals surface area contributed by atoms with Gasteiger partial charge in [-0.05, 0) is 24.8 Å². The zero-order valence-corrected chi connectivity index (χ0v) is 15.5. The van der Waals surface area contributed by atoms with Crippen LogP contribution in [0.2, 0.25) is 0 Å². The van der Waals surface area contributed by atoms with E-state index in [1.165, 1.54) is 18.2 Å². The molecule has 0 saturated heterocycles. The molecule has 0 bridgehead atoms. The summed E-state index contributed by atoms with van der Waals surface area (Å²) in [5.74, 6) is -0.575. The number of rotatable bonds is 4. The summed E-state index contributed by atoms with van der Waals surface area (Å²) < 4.78 is 5.57. The van der Waals surface area contributed by atoms with Crippen molar-refractivity contribution >= 4 is 17.7 Å². The number of hydrogen-bond donors (Lipinski definition) is 2. The van der Waals surface area contributed by atoms with E-state index in [4.69, 9.17) is 4.74 Å². The van der Waals surface area contributed by atoms with E-state index in [2.05, 4.69) is 10.6 Å². The molecule has 0 saturated carbocycles. The zero-order chi connectivity index (χ0) is 19.6. The van der Waals surface area contributed by atoms with Gasteiger partial charge in [0.1, 0.15) is 6.10 Å². The lowest BCUT2D eigenvalue weighted by molar-refractivity contribution is -0.384. The second-order valence-electron chi connectivity index (χ2n) is 7.34. The molecule has 0 aliphatic carbocycles. The van der Waals surface area contributed by atoms with Crippen LogP contribution in [0.5, 0.6) is 0 Å². The molecular weight excluding hydrogens is 338 g/mol. The number of nitro benzene ring substituents is 1. The first-order valence-electron chi connectivity index (χ1n) is 8.24. The fourth-order valence-corrected chi connectivity index (χ4v) is 2.43. The van der Waals surface area contributed by atoms with Crippen LogP contribution in [0, 0.1) is 15.5 Å². The predicted octanol–water partition coefficient (Wildman–Crippen LogP) is 3.20. The van der Waals surface area contributed by atoms with Gasteiger partial charge in [-0.15, -0.1) is 0 Å². The maximum Gasteiger partial charge on any atom is 0.338 e. The van der Waals surface area contributed by atoms with Gasteiger partial charge in [-0.2, -0.15) is 0 Å². The molecule has 0 aromatic heterocycles. The van der Waals surface area contributed by atoms with Crippen LogP contribution >= 0.6 is 0 Å². The van der Waals surface area contributed by atoms with E-state index >= 15 is 0 Å². The molecule has 1 aromatic rings. The van der Waals surface area contributed by atoms with Crippen LogP contribution < -0.4 is 10.6 Å². The van der Waals surface area contributed by atoms with Gasteiger partial charge in [-0.25, -0.2) is 9.59 Å². The molecule has 140 valence electrons. The van der Waals surface area contributed by atoms with E-state index in [0.29, 0.717) is 11.3 Å². The molecule has 1 heterocycles. The van der Waals surface area contributed by atoms with E-state index in [-0.39, 0.29) is 22.8 Å². The number of carbonyl (C=O) groups excluding carboxylic acids is 2. The summed E-state index contributed by atoms with van der Waals surface area (Å²) >= 11 is 0. The van der Waals surface area contributed by atoms with Gasteiger partial charge in [0.2, 0.25) is 0 Å². The maximum atomic E-state index is 12.8. The highest BCUT2D eigenvalue weighted by atomic mass is 16.6. The molecule has 2 N–H and O–H groups in total. The molecule has 2 rings (SSSR count). The van der Waals surface area contributed by atoms with Crippen LogP contribution in [-0.2, 0) is 9.53 Å². The summed E-state index contributed by atoms with van der Waals surface area (Å²) in [4.78, 5) is 35.2. The molecule has 1 aliphatic rings. The Morgan fingerprint density at radius 3 is 2.58 bits per heavy atom. The molecule has 2 atom stereocenters. The molecule has 2 amide bonds. The van der Waals surface area contributed by atoms with Crippen molar-refractivity contribution in [1.82, 2.24) is 10.6 Å². The number of ether oxygens (including phenoxy) is 1. The van der Waals surface area contributed by atoms with Crippen LogP contribution in [0.4, 0.5) is 10.5 Å². The Kier molecular flexibility index (Phi) is 5.34. The smallest absolute Gasteiger partial charge is 0.338 e. The largest absolute Gasteiger partial charge is 0.459 e. The van der Waals surface area contributed by atoms with Crippen molar-refractivity contribution in [3.63, 3.8) is 0 Å². The summed E-state index contributed by atoms with van der Waals surface area (Å²) in [5.41, 5.74) is 0.640. The van der Waals surface area contributed by atoms with E-state index in [1.807, 2.05) is 20.8 Å². The average Bonchev–Trinajstić information content (AvgIpc) is 2.53. The van der Waals surface area contributed by atoms with Crippen LogP contribution in [-0.4, -0.2) is 23.0 Å². The third kappa shape index (κ3) is 4.19. The third-order valence-corrected chi connectivity index (χ3v) is 4.41. The zero-order valence-electron chi connectivity index (χ0n) is 15.5. The topological polar surface area (TPSA) is 111 Å². The van der Waals surface area contributed by atoms with Crippen molar-refractivity contribution in [3.8, 4) is 0 Å². The van der Waals surface area contributed by atoms with Crippen LogP contribution in [0.15, 0.2) is 35.5 Å². The molecular formula is C18H23N3O5. The second kappa shape index (κ2) is 7.15. The first kappa shape index (κ1) is 19.4. The number of allylic oxidation sites excluding steroid dienone is 1. The van der Waals surface area contributed by atoms with Gasteiger partial charge in [0, 0.05) is 17.8 Å². The lowest BCUT2D eigenvalue weighted by atomic mass is 9.90. The van der Waals surface area contributed by atoms with Gasteiger partial charge in [0.05, 0.1) is 16.5 Å². The van der Waals surface area contributed by atoms with Crippen molar-refractivity contribution in [1.29, 1.82) is 0 Å². The summed E-state index contributed by atoms with van der Waals surface area (Å²) in [5, 5.41) is 16.2. The van der Waals surface area contributed by atoms with Crippen molar-refractivity contribution in [2.75, 3.05) is 0 Å². The number of nitro groups is 1. The lowest BCUT2D eigenvalue weighted by Crippen LogP contribution is -2.46. The molecule has 0 fully saturated rings. The normalized spacial score (nSPS) is 18.7. The van der Waals surface area contributed by atoms with Crippen molar-refractivity contribution in [2.45, 2.75) is 46.8 Å². The molecule has 0 unspecified atom stereocenters. The van der Waals surface area contributed by atoms with Crippen LogP contribution in [0.1, 0.15) is 46.2 Å².